The second kappa shape index (κ2) is 10.4. The SMILES string of the molecule is COc1cc(/C=N\NC(=O)c2ccccc2Br)ccc1OS(=O)(=O)c1ccc(C)c([N+](=O)[O-])c1. The largest absolute Gasteiger partial charge is 0.493 e. The Morgan fingerprint density at radius 1 is 1.12 bits per heavy atom. The molecule has 3 rings (SSSR count). The van der Waals surface area contributed by atoms with Crippen molar-refractivity contribution in [1.82, 2.24) is 5.43 Å². The van der Waals surface area contributed by atoms with Gasteiger partial charge in [-0.3, -0.25) is 14.9 Å². The van der Waals surface area contributed by atoms with Gasteiger partial charge in [-0.2, -0.15) is 13.5 Å². The summed E-state index contributed by atoms with van der Waals surface area (Å²) in [6, 6.07) is 14.6. The van der Waals surface area contributed by atoms with Crippen molar-refractivity contribution in [3.63, 3.8) is 0 Å². The van der Waals surface area contributed by atoms with Gasteiger partial charge in [0.15, 0.2) is 11.5 Å². The summed E-state index contributed by atoms with van der Waals surface area (Å²) in [4.78, 5) is 22.3. The number of nitrogens with one attached hydrogen (secondary N) is 1. The maximum absolute atomic E-state index is 12.7. The number of hydrogen-bond acceptors (Lipinski definition) is 8. The Labute approximate surface area is 203 Å². The van der Waals surface area contributed by atoms with Crippen molar-refractivity contribution in [3.8, 4) is 11.5 Å². The first-order valence-corrected chi connectivity index (χ1v) is 11.8. The average molecular weight is 548 g/mol. The van der Waals surface area contributed by atoms with Crippen molar-refractivity contribution in [2.75, 3.05) is 7.11 Å². The van der Waals surface area contributed by atoms with Gasteiger partial charge in [-0.15, -0.1) is 0 Å². The first-order chi connectivity index (χ1) is 16.1. The number of benzene rings is 3. The maximum Gasteiger partial charge on any atom is 0.339 e. The summed E-state index contributed by atoms with van der Waals surface area (Å²) in [7, 11) is -3.05. The zero-order valence-corrected chi connectivity index (χ0v) is 20.3. The number of methoxy groups -OCH3 is 1. The van der Waals surface area contributed by atoms with Crippen LogP contribution in [0.4, 0.5) is 5.69 Å². The maximum atomic E-state index is 12.7. The van der Waals surface area contributed by atoms with Crippen molar-refractivity contribution in [2.24, 2.45) is 5.10 Å². The molecule has 34 heavy (non-hydrogen) atoms. The molecule has 0 aromatic heterocycles. The van der Waals surface area contributed by atoms with Crippen molar-refractivity contribution in [3.05, 3.63) is 91.9 Å². The van der Waals surface area contributed by atoms with Crippen molar-refractivity contribution < 1.29 is 27.1 Å². The summed E-state index contributed by atoms with van der Waals surface area (Å²) in [6.45, 7) is 1.50. The Kier molecular flexibility index (Phi) is 7.64. The zero-order chi connectivity index (χ0) is 24.9. The van der Waals surface area contributed by atoms with Gasteiger partial charge >= 0.3 is 10.1 Å². The number of rotatable bonds is 8. The third-order valence-corrected chi connectivity index (χ3v) is 6.47. The molecule has 0 bridgehead atoms. The minimum atomic E-state index is -4.37. The third kappa shape index (κ3) is 5.77. The predicted octanol–water partition coefficient (Wildman–Crippen LogP) is 4.21. The van der Waals surface area contributed by atoms with E-state index in [1.807, 2.05) is 0 Å². The van der Waals surface area contributed by atoms with E-state index in [2.05, 4.69) is 26.5 Å². The number of amides is 1. The van der Waals surface area contributed by atoms with Crippen LogP contribution in [-0.2, 0) is 10.1 Å². The van der Waals surface area contributed by atoms with Crippen molar-refractivity contribution in [2.45, 2.75) is 11.8 Å². The smallest absolute Gasteiger partial charge is 0.339 e. The molecule has 0 spiro atoms. The Morgan fingerprint density at radius 2 is 1.85 bits per heavy atom. The fourth-order valence-electron chi connectivity index (χ4n) is 2.81. The third-order valence-electron chi connectivity index (χ3n) is 4.55. The summed E-state index contributed by atoms with van der Waals surface area (Å²) in [6.07, 6.45) is 1.35. The second-order valence-electron chi connectivity index (χ2n) is 6.83. The van der Waals surface area contributed by atoms with E-state index < -0.39 is 20.9 Å². The monoisotopic (exact) mass is 547 g/mol. The number of nitro benzene ring substituents is 1. The molecule has 3 aromatic rings. The van der Waals surface area contributed by atoms with Gasteiger partial charge in [-0.25, -0.2) is 5.43 Å². The van der Waals surface area contributed by atoms with E-state index in [1.54, 1.807) is 24.3 Å². The van der Waals surface area contributed by atoms with Crippen LogP contribution in [0.2, 0.25) is 0 Å². The topological polar surface area (TPSA) is 137 Å². The van der Waals surface area contributed by atoms with Crippen LogP contribution in [0.5, 0.6) is 11.5 Å². The van der Waals surface area contributed by atoms with Gasteiger partial charge in [0, 0.05) is 16.1 Å². The minimum Gasteiger partial charge on any atom is -0.493 e. The molecule has 3 aromatic carbocycles. The van der Waals surface area contributed by atoms with Gasteiger partial charge < -0.3 is 8.92 Å². The first kappa shape index (κ1) is 24.9. The molecule has 1 amide bonds. The average Bonchev–Trinajstić information content (AvgIpc) is 2.79. The van der Waals surface area contributed by atoms with Crippen LogP contribution in [0.15, 0.2) is 75.1 Å². The highest BCUT2D eigenvalue weighted by Gasteiger charge is 2.23. The number of nitro groups is 1. The summed E-state index contributed by atoms with van der Waals surface area (Å²) >= 11 is 3.29. The highest BCUT2D eigenvalue weighted by molar-refractivity contribution is 9.10. The molecule has 176 valence electrons. The molecule has 0 unspecified atom stereocenters. The van der Waals surface area contributed by atoms with Gasteiger partial charge in [-0.05, 0) is 64.8 Å². The molecule has 12 heteroatoms. The van der Waals surface area contributed by atoms with E-state index >= 15 is 0 Å². The van der Waals surface area contributed by atoms with Crippen LogP contribution in [-0.4, -0.2) is 32.6 Å². The molecule has 0 fully saturated rings. The molecule has 0 aliphatic carbocycles. The number of halogens is 1. The summed E-state index contributed by atoms with van der Waals surface area (Å²) in [5, 5.41) is 15.0. The molecule has 0 heterocycles. The molecule has 0 aliphatic rings. The zero-order valence-electron chi connectivity index (χ0n) is 17.9. The molecule has 0 saturated heterocycles. The molecule has 0 radical (unpaired) electrons. The quantitative estimate of drug-likeness (QED) is 0.193. The number of carbonyl (C=O) groups excluding carboxylic acids is 1. The highest BCUT2D eigenvalue weighted by Crippen LogP contribution is 2.31. The number of ether oxygens (including phenoxy) is 1. The standard InChI is InChI=1S/C22H18BrN3O7S/c1-14-7-9-16(12-19(14)26(28)29)34(30,31)33-20-10-8-15(11-21(20)32-2)13-24-25-22(27)17-5-3-4-6-18(17)23/h3-13H,1-2H3,(H,25,27)/b24-13-. The summed E-state index contributed by atoms with van der Waals surface area (Å²) in [5.41, 5.74) is 3.26. The highest BCUT2D eigenvalue weighted by atomic mass is 79.9. The number of hydrazone groups is 1. The number of nitrogens with zero attached hydrogens (tertiary/aromatic N) is 2. The molecular weight excluding hydrogens is 530 g/mol. The van der Waals surface area contributed by atoms with Gasteiger partial charge in [0.1, 0.15) is 4.90 Å². The molecule has 0 saturated carbocycles. The van der Waals surface area contributed by atoms with E-state index in [0.29, 0.717) is 21.2 Å². The Balaban J connectivity index is 1.78. The van der Waals surface area contributed by atoms with Crippen LogP contribution in [0, 0.1) is 17.0 Å². The van der Waals surface area contributed by atoms with E-state index in [9.17, 15) is 23.3 Å². The van der Waals surface area contributed by atoms with E-state index in [4.69, 9.17) is 8.92 Å². The van der Waals surface area contributed by atoms with E-state index in [1.165, 1.54) is 50.6 Å². The lowest BCUT2D eigenvalue weighted by molar-refractivity contribution is -0.385. The van der Waals surface area contributed by atoms with E-state index in [-0.39, 0.29) is 22.1 Å². The molecule has 0 aliphatic heterocycles. The molecule has 10 nitrogen and oxygen atoms in total. The Morgan fingerprint density at radius 3 is 2.53 bits per heavy atom. The Hall–Kier alpha value is -3.77. The van der Waals surface area contributed by atoms with Gasteiger partial charge in [0.25, 0.3) is 11.6 Å². The molecular formula is C22H18BrN3O7S. The van der Waals surface area contributed by atoms with Gasteiger partial charge in [0.05, 0.1) is 23.8 Å². The van der Waals surface area contributed by atoms with Gasteiger partial charge in [0.2, 0.25) is 0 Å². The predicted molar refractivity (Wildman–Crippen MR) is 128 cm³/mol. The second-order valence-corrected chi connectivity index (χ2v) is 9.23. The van der Waals surface area contributed by atoms with Crippen molar-refractivity contribution in [1.29, 1.82) is 0 Å². The van der Waals surface area contributed by atoms with Crippen molar-refractivity contribution >= 4 is 43.9 Å². The lowest BCUT2D eigenvalue weighted by Crippen LogP contribution is -2.18. The fraction of sp³-hybridized carbons (Fsp3) is 0.0909. The van der Waals surface area contributed by atoms with E-state index in [0.717, 1.165) is 6.07 Å². The van der Waals surface area contributed by atoms with Gasteiger partial charge in [-0.1, -0.05) is 18.2 Å². The number of hydrogen-bond donors (Lipinski definition) is 1. The lowest BCUT2D eigenvalue weighted by atomic mass is 10.2. The fourth-order valence-corrected chi connectivity index (χ4v) is 4.24. The Bertz CT molecular complexity index is 1390. The molecule has 1 N–H and O–H groups in total. The summed E-state index contributed by atoms with van der Waals surface area (Å²) < 4.78 is 36.3. The first-order valence-electron chi connectivity index (χ1n) is 9.58. The van der Waals surface area contributed by atoms with Crippen LogP contribution in [0.3, 0.4) is 0 Å². The summed E-state index contributed by atoms with van der Waals surface area (Å²) in [5.74, 6) is -0.472. The number of aryl methyl sites for hydroxylation is 1. The molecule has 0 atom stereocenters. The number of carbonyl (C=O) groups is 1. The van der Waals surface area contributed by atoms with Crippen LogP contribution in [0.1, 0.15) is 21.5 Å². The van der Waals surface area contributed by atoms with Crippen LogP contribution < -0.4 is 14.3 Å². The minimum absolute atomic E-state index is 0.0752. The van der Waals surface area contributed by atoms with Crippen LogP contribution >= 0.6 is 15.9 Å². The lowest BCUT2D eigenvalue weighted by Gasteiger charge is -2.11. The normalized spacial score (nSPS) is 11.3. The van der Waals surface area contributed by atoms with Crippen LogP contribution in [0.25, 0.3) is 0 Å².